The third-order valence-electron chi connectivity index (χ3n) is 2.83. The lowest BCUT2D eigenvalue weighted by Crippen LogP contribution is -2.50. The molecule has 0 heterocycles. The van der Waals surface area contributed by atoms with Crippen molar-refractivity contribution in [3.63, 3.8) is 0 Å². The Labute approximate surface area is 124 Å². The van der Waals surface area contributed by atoms with Crippen LogP contribution in [-0.2, 0) is 14.8 Å². The van der Waals surface area contributed by atoms with Gasteiger partial charge in [-0.15, -0.1) is 0 Å². The summed E-state index contributed by atoms with van der Waals surface area (Å²) in [5.41, 5.74) is 0. The second-order valence-electron chi connectivity index (χ2n) is 5.29. The van der Waals surface area contributed by atoms with E-state index in [1.54, 1.807) is 14.1 Å². The first kappa shape index (κ1) is 21.0. The van der Waals surface area contributed by atoms with Crippen LogP contribution in [0.3, 0.4) is 0 Å². The molecule has 132 valence electrons. The fourth-order valence-electron chi connectivity index (χ4n) is 1.47. The summed E-state index contributed by atoms with van der Waals surface area (Å²) in [5, 5.41) is 2.66. The maximum Gasteiger partial charge on any atom is 0.470 e. The van der Waals surface area contributed by atoms with Gasteiger partial charge in [0, 0.05) is 13.0 Å². The lowest BCUT2D eigenvalue weighted by molar-refractivity contribution is -0.889. The fraction of sp³-hybridized carbons (Fsp3) is 0.900. The molecule has 0 amide bonds. The molecule has 2 N–H and O–H groups in total. The van der Waals surface area contributed by atoms with Crippen LogP contribution in [-0.4, -0.2) is 69.1 Å². The summed E-state index contributed by atoms with van der Waals surface area (Å²) in [5.74, 6) is -1.03. The van der Waals surface area contributed by atoms with E-state index < -0.39 is 34.0 Å². The minimum atomic E-state index is -6.20. The second-order valence-corrected chi connectivity index (χ2v) is 7.10. The van der Waals surface area contributed by atoms with Crippen molar-refractivity contribution in [3.8, 4) is 0 Å². The molecule has 0 atom stereocenters. The summed E-state index contributed by atoms with van der Waals surface area (Å²) in [6.45, 7) is -0.197. The summed E-state index contributed by atoms with van der Waals surface area (Å²) in [7, 11) is -2.62. The van der Waals surface area contributed by atoms with Crippen LogP contribution in [0, 0.1) is 0 Å². The molecule has 0 spiro atoms. The summed E-state index contributed by atoms with van der Waals surface area (Å²) >= 11 is 0. The standard InChI is InChI=1S/C10H17F5N2O4S/c1-17(2,7-4-8(18)19)6-3-5-16-22(20,21)10(14,15)9(11,12)13/h16H,3-7H2,1-2H3/p+1. The number of halogens is 5. The molecule has 0 radical (unpaired) electrons. The van der Waals surface area contributed by atoms with Crippen molar-refractivity contribution < 1.29 is 44.8 Å². The number of sulfonamides is 1. The van der Waals surface area contributed by atoms with Gasteiger partial charge in [-0.2, -0.15) is 22.0 Å². The van der Waals surface area contributed by atoms with Gasteiger partial charge in [0.2, 0.25) is 0 Å². The van der Waals surface area contributed by atoms with Gasteiger partial charge in [-0.3, -0.25) is 4.79 Å². The van der Waals surface area contributed by atoms with E-state index in [0.29, 0.717) is 0 Å². The number of hydrogen-bond acceptors (Lipinski definition) is 3. The van der Waals surface area contributed by atoms with Crippen LogP contribution in [0.1, 0.15) is 12.8 Å². The van der Waals surface area contributed by atoms with Crippen molar-refractivity contribution in [1.82, 2.24) is 4.72 Å². The molecule has 0 unspecified atom stereocenters. The van der Waals surface area contributed by atoms with E-state index in [4.69, 9.17) is 5.11 Å². The zero-order valence-electron chi connectivity index (χ0n) is 12.0. The summed E-state index contributed by atoms with van der Waals surface area (Å²) < 4.78 is 84.7. The van der Waals surface area contributed by atoms with Crippen molar-refractivity contribution >= 4 is 16.0 Å². The highest BCUT2D eigenvalue weighted by atomic mass is 32.2. The average Bonchev–Trinajstić information content (AvgIpc) is 2.31. The van der Waals surface area contributed by atoms with Gasteiger partial charge in [-0.1, -0.05) is 0 Å². The van der Waals surface area contributed by atoms with Crippen molar-refractivity contribution in [2.45, 2.75) is 24.3 Å². The Morgan fingerprint density at radius 1 is 1.14 bits per heavy atom. The number of carbonyl (C=O) groups is 1. The lowest BCUT2D eigenvalue weighted by atomic mass is 10.3. The molecule has 6 nitrogen and oxygen atoms in total. The Hall–Kier alpha value is -1.01. The van der Waals surface area contributed by atoms with Gasteiger partial charge in [0.1, 0.15) is 0 Å². The van der Waals surface area contributed by atoms with Crippen LogP contribution < -0.4 is 4.72 Å². The Morgan fingerprint density at radius 3 is 2.05 bits per heavy atom. The van der Waals surface area contributed by atoms with E-state index in [0.717, 1.165) is 0 Å². The highest BCUT2D eigenvalue weighted by Crippen LogP contribution is 2.39. The van der Waals surface area contributed by atoms with E-state index >= 15 is 0 Å². The molecule has 0 aliphatic rings. The number of carboxylic acids is 1. The topological polar surface area (TPSA) is 83.5 Å². The first-order chi connectivity index (χ1) is 9.62. The minimum absolute atomic E-state index is 0.0280. The Morgan fingerprint density at radius 2 is 1.64 bits per heavy atom. The summed E-state index contributed by atoms with van der Waals surface area (Å²) in [6.07, 6.45) is -6.37. The quantitative estimate of drug-likeness (QED) is 0.366. The third kappa shape index (κ3) is 6.01. The van der Waals surface area contributed by atoms with Gasteiger partial charge in [-0.25, -0.2) is 13.1 Å². The number of nitrogens with one attached hydrogen (secondary N) is 1. The lowest BCUT2D eigenvalue weighted by Gasteiger charge is -2.29. The largest absolute Gasteiger partial charge is 0.481 e. The molecule has 12 heteroatoms. The van der Waals surface area contributed by atoms with Gasteiger partial charge in [0.15, 0.2) is 0 Å². The van der Waals surface area contributed by atoms with E-state index in [1.807, 2.05) is 0 Å². The highest BCUT2D eigenvalue weighted by Gasteiger charge is 2.67. The number of alkyl halides is 5. The van der Waals surface area contributed by atoms with Crippen LogP contribution >= 0.6 is 0 Å². The van der Waals surface area contributed by atoms with Crippen LogP contribution in [0.25, 0.3) is 0 Å². The molecule has 0 aromatic carbocycles. The second kappa shape index (κ2) is 7.04. The fourth-order valence-corrected chi connectivity index (χ4v) is 2.37. The number of carboxylic acid groups (broad SMARTS) is 1. The van der Waals surface area contributed by atoms with Crippen LogP contribution in [0.2, 0.25) is 0 Å². The van der Waals surface area contributed by atoms with E-state index in [1.165, 1.54) is 4.72 Å². The molecule has 0 aromatic rings. The van der Waals surface area contributed by atoms with Crippen LogP contribution in [0.4, 0.5) is 22.0 Å². The molecule has 0 bridgehead atoms. The van der Waals surface area contributed by atoms with Crippen molar-refractivity contribution in [2.24, 2.45) is 0 Å². The van der Waals surface area contributed by atoms with E-state index in [-0.39, 0.29) is 30.4 Å². The zero-order chi connectivity index (χ0) is 17.8. The van der Waals surface area contributed by atoms with Gasteiger partial charge < -0.3 is 9.59 Å². The van der Waals surface area contributed by atoms with Crippen LogP contribution in [0.15, 0.2) is 0 Å². The molecule has 0 fully saturated rings. The van der Waals surface area contributed by atoms with Crippen LogP contribution in [0.5, 0.6) is 0 Å². The predicted molar refractivity (Wildman–Crippen MR) is 66.6 cm³/mol. The molecule has 0 aromatic heterocycles. The third-order valence-corrected chi connectivity index (χ3v) is 4.32. The first-order valence-electron chi connectivity index (χ1n) is 6.10. The average molecular weight is 357 g/mol. The van der Waals surface area contributed by atoms with Crippen molar-refractivity contribution in [2.75, 3.05) is 33.7 Å². The zero-order valence-corrected chi connectivity index (χ0v) is 12.8. The van der Waals surface area contributed by atoms with Crippen molar-refractivity contribution in [3.05, 3.63) is 0 Å². The first-order valence-corrected chi connectivity index (χ1v) is 7.58. The van der Waals surface area contributed by atoms with E-state index in [2.05, 4.69) is 0 Å². The number of quaternary nitrogens is 1. The Bertz CT molecular complexity index is 490. The molecule has 0 aliphatic heterocycles. The molecule has 0 saturated carbocycles. The Balaban J connectivity index is 4.45. The molecule has 0 saturated heterocycles. The number of hydrogen-bond donors (Lipinski definition) is 2. The maximum absolute atomic E-state index is 12.7. The predicted octanol–water partition coefficient (Wildman–Crippen LogP) is 1.00. The molecule has 0 rings (SSSR count). The van der Waals surface area contributed by atoms with E-state index in [9.17, 15) is 35.2 Å². The Kier molecular flexibility index (Phi) is 6.72. The van der Waals surface area contributed by atoms with Gasteiger partial charge >= 0.3 is 17.4 Å². The summed E-state index contributed by atoms with van der Waals surface area (Å²) in [6, 6.07) is 0. The van der Waals surface area contributed by atoms with Gasteiger partial charge in [0.25, 0.3) is 10.0 Å². The molecular formula is C10H18F5N2O4S+. The number of aliphatic carboxylic acids is 1. The molecule has 22 heavy (non-hydrogen) atoms. The summed E-state index contributed by atoms with van der Waals surface area (Å²) in [4.78, 5) is 10.4. The number of rotatable bonds is 9. The highest BCUT2D eigenvalue weighted by molar-refractivity contribution is 7.90. The maximum atomic E-state index is 12.7. The number of nitrogens with zero attached hydrogens (tertiary/aromatic N) is 1. The molecular weight excluding hydrogens is 339 g/mol. The SMILES string of the molecule is C[N+](C)(CCCNS(=O)(=O)C(F)(F)C(F)(F)F)CCC(=O)O. The minimum Gasteiger partial charge on any atom is -0.481 e. The van der Waals surface area contributed by atoms with Gasteiger partial charge in [0.05, 0.1) is 33.6 Å². The van der Waals surface area contributed by atoms with Crippen molar-refractivity contribution in [1.29, 1.82) is 0 Å². The van der Waals surface area contributed by atoms with Gasteiger partial charge in [-0.05, 0) is 0 Å². The smallest absolute Gasteiger partial charge is 0.470 e. The monoisotopic (exact) mass is 357 g/mol. The normalized spacial score (nSPS) is 14.1. The molecule has 0 aliphatic carbocycles.